The number of aromatic nitrogens is 1. The Bertz CT molecular complexity index is 1710. The van der Waals surface area contributed by atoms with Crippen LogP contribution < -0.4 is 9.64 Å². The number of halogens is 1. The number of thiazole rings is 1. The molecule has 1 aliphatic rings. The third kappa shape index (κ3) is 5.79. The predicted octanol–water partition coefficient (Wildman–Crippen LogP) is 6.80. The van der Waals surface area contributed by atoms with E-state index in [9.17, 15) is 19.5 Å². The number of nitrogens with zero attached hydrogens (tertiary/aromatic N) is 2. The summed E-state index contributed by atoms with van der Waals surface area (Å²) in [6.45, 7) is 5.87. The molecule has 1 atom stereocenters. The summed E-state index contributed by atoms with van der Waals surface area (Å²) in [6, 6.07) is 20.2. The number of anilines is 1. The van der Waals surface area contributed by atoms with Crippen LogP contribution in [0, 0.1) is 13.8 Å². The average Bonchev–Trinajstić information content (AvgIpc) is 3.48. The lowest BCUT2D eigenvalue weighted by Crippen LogP contribution is -2.29. The molecule has 1 unspecified atom stereocenters. The number of rotatable bonds is 8. The Balaban J connectivity index is 1.52. The van der Waals surface area contributed by atoms with Crippen LogP contribution in [0.5, 0.6) is 5.75 Å². The number of aliphatic hydroxyl groups excluding tert-OH is 1. The van der Waals surface area contributed by atoms with Gasteiger partial charge in [0.15, 0.2) is 5.13 Å². The van der Waals surface area contributed by atoms with E-state index in [4.69, 9.17) is 21.1 Å². The van der Waals surface area contributed by atoms with Crippen molar-refractivity contribution in [2.75, 3.05) is 11.5 Å². The fraction of sp³-hybridized carbons (Fsp3) is 0.188. The molecule has 0 radical (unpaired) electrons. The molecule has 10 heteroatoms. The maximum atomic E-state index is 13.5. The highest BCUT2D eigenvalue weighted by atomic mass is 35.5. The van der Waals surface area contributed by atoms with Crippen molar-refractivity contribution in [1.82, 2.24) is 4.98 Å². The molecule has 0 saturated carbocycles. The molecule has 3 aromatic carbocycles. The number of ether oxygens (including phenoxy) is 2. The topological polar surface area (TPSA) is 106 Å². The summed E-state index contributed by atoms with van der Waals surface area (Å²) in [5, 5.41) is 11.9. The van der Waals surface area contributed by atoms with E-state index in [1.807, 2.05) is 31.2 Å². The summed E-state index contributed by atoms with van der Waals surface area (Å²) in [5.74, 6) is -2.12. The predicted molar refractivity (Wildman–Crippen MR) is 161 cm³/mol. The molecular weight excluding hydrogens is 576 g/mol. The van der Waals surface area contributed by atoms with Gasteiger partial charge in [-0.3, -0.25) is 14.5 Å². The molecular formula is C32H27ClN2O6S. The van der Waals surface area contributed by atoms with Crippen LogP contribution in [0.3, 0.4) is 0 Å². The van der Waals surface area contributed by atoms with Crippen molar-refractivity contribution < 1.29 is 29.0 Å². The first-order valence-electron chi connectivity index (χ1n) is 13.2. The van der Waals surface area contributed by atoms with Crippen LogP contribution in [0.1, 0.15) is 50.6 Å². The number of carbonyl (C=O) groups excluding carboxylic acids is 3. The minimum Gasteiger partial charge on any atom is -0.507 e. The van der Waals surface area contributed by atoms with Gasteiger partial charge in [0.05, 0.1) is 23.9 Å². The maximum absolute atomic E-state index is 13.5. The number of aryl methyl sites for hydroxylation is 2. The van der Waals surface area contributed by atoms with Gasteiger partial charge in [-0.2, -0.15) is 0 Å². The van der Waals surface area contributed by atoms with E-state index < -0.39 is 23.7 Å². The molecule has 1 N–H and O–H groups in total. The summed E-state index contributed by atoms with van der Waals surface area (Å²) in [5.41, 5.74) is 3.21. The van der Waals surface area contributed by atoms with Crippen molar-refractivity contribution >= 4 is 51.5 Å². The zero-order chi connectivity index (χ0) is 30.0. The van der Waals surface area contributed by atoms with Gasteiger partial charge in [-0.25, -0.2) is 9.78 Å². The van der Waals surface area contributed by atoms with E-state index in [1.165, 1.54) is 4.90 Å². The van der Waals surface area contributed by atoms with Gasteiger partial charge in [-0.1, -0.05) is 64.9 Å². The van der Waals surface area contributed by atoms with E-state index >= 15 is 0 Å². The smallest absolute Gasteiger partial charge is 0.350 e. The third-order valence-corrected chi connectivity index (χ3v) is 8.05. The van der Waals surface area contributed by atoms with E-state index in [1.54, 1.807) is 62.4 Å². The Kier molecular flexibility index (Phi) is 8.42. The molecule has 1 aromatic heterocycles. The lowest BCUT2D eigenvalue weighted by Gasteiger charge is -2.23. The highest BCUT2D eigenvalue weighted by Gasteiger charge is 2.48. The fourth-order valence-electron chi connectivity index (χ4n) is 4.73. The largest absolute Gasteiger partial charge is 0.507 e. The number of benzene rings is 3. The molecule has 5 rings (SSSR count). The molecule has 214 valence electrons. The molecule has 42 heavy (non-hydrogen) atoms. The van der Waals surface area contributed by atoms with Gasteiger partial charge in [0.25, 0.3) is 5.78 Å². The lowest BCUT2D eigenvalue weighted by atomic mass is 9.95. The first-order chi connectivity index (χ1) is 20.2. The van der Waals surface area contributed by atoms with Crippen LogP contribution >= 0.6 is 22.9 Å². The van der Waals surface area contributed by atoms with Gasteiger partial charge in [-0.15, -0.1) is 0 Å². The second kappa shape index (κ2) is 12.2. The SMILES string of the molecule is CCOC(=O)c1sc(N2C(=O)C(=O)C(=C(O)c3ccc(OCc4cccc(C)c4)cc3)C2c2cccc(Cl)c2)nc1C. The van der Waals surface area contributed by atoms with E-state index in [2.05, 4.69) is 4.98 Å². The van der Waals surface area contributed by atoms with Crippen molar-refractivity contribution in [3.63, 3.8) is 0 Å². The van der Waals surface area contributed by atoms with Crippen LogP contribution in [0.25, 0.3) is 5.76 Å². The van der Waals surface area contributed by atoms with E-state index in [0.29, 0.717) is 34.2 Å². The molecule has 1 saturated heterocycles. The van der Waals surface area contributed by atoms with Gasteiger partial charge in [-0.05, 0) is 68.3 Å². The third-order valence-electron chi connectivity index (χ3n) is 6.68. The van der Waals surface area contributed by atoms with Crippen molar-refractivity contribution in [1.29, 1.82) is 0 Å². The second-order valence-corrected chi connectivity index (χ2v) is 11.1. The summed E-state index contributed by atoms with van der Waals surface area (Å²) in [6.07, 6.45) is 0. The van der Waals surface area contributed by atoms with Crippen LogP contribution in [0.4, 0.5) is 5.13 Å². The molecule has 4 aromatic rings. The summed E-state index contributed by atoms with van der Waals surface area (Å²) >= 11 is 7.23. The quantitative estimate of drug-likeness (QED) is 0.102. The highest BCUT2D eigenvalue weighted by molar-refractivity contribution is 7.17. The minimum atomic E-state index is -1.04. The van der Waals surface area contributed by atoms with Crippen LogP contribution in [-0.4, -0.2) is 34.4 Å². The maximum Gasteiger partial charge on any atom is 0.350 e. The number of ketones is 1. The van der Waals surface area contributed by atoms with Gasteiger partial charge in [0.2, 0.25) is 0 Å². The fourth-order valence-corrected chi connectivity index (χ4v) is 5.91. The molecule has 8 nitrogen and oxygen atoms in total. The molecule has 1 amide bonds. The number of carbonyl (C=O) groups is 3. The Morgan fingerprint density at radius 3 is 2.48 bits per heavy atom. The van der Waals surface area contributed by atoms with Crippen molar-refractivity contribution in [2.45, 2.75) is 33.4 Å². The summed E-state index contributed by atoms with van der Waals surface area (Å²) in [7, 11) is 0. The number of Topliss-reactive ketones (excluding diaryl/α,β-unsaturated/α-hetero) is 1. The molecule has 0 aliphatic carbocycles. The zero-order valence-corrected chi connectivity index (χ0v) is 24.7. The molecule has 2 heterocycles. The molecule has 1 aliphatic heterocycles. The van der Waals surface area contributed by atoms with Crippen molar-refractivity contribution in [3.8, 4) is 5.75 Å². The first kappa shape index (κ1) is 29.0. The second-order valence-electron chi connectivity index (χ2n) is 9.66. The number of aliphatic hydroxyl groups is 1. The van der Waals surface area contributed by atoms with Crippen LogP contribution in [-0.2, 0) is 20.9 Å². The standard InChI is InChI=1S/C32H27ClN2O6S/c1-4-40-31(39)29-19(3)34-32(42-29)35-26(22-9-6-10-23(33)16-22)25(28(37)30(35)38)27(36)21-11-13-24(14-12-21)41-17-20-8-5-7-18(2)15-20/h5-16,26,36H,4,17H2,1-3H3. The molecule has 0 spiro atoms. The van der Waals surface area contributed by atoms with Gasteiger partial charge in [0.1, 0.15) is 23.0 Å². The molecule has 0 bridgehead atoms. The summed E-state index contributed by atoms with van der Waals surface area (Å²) < 4.78 is 11.0. The Morgan fingerprint density at radius 1 is 1.05 bits per heavy atom. The monoisotopic (exact) mass is 602 g/mol. The van der Waals surface area contributed by atoms with Crippen molar-refractivity contribution in [3.05, 3.63) is 116 Å². The number of esters is 1. The van der Waals surface area contributed by atoms with Gasteiger partial charge < -0.3 is 14.6 Å². The van der Waals surface area contributed by atoms with Crippen molar-refractivity contribution in [2.24, 2.45) is 0 Å². The van der Waals surface area contributed by atoms with E-state index in [0.717, 1.165) is 22.5 Å². The number of hydrogen-bond acceptors (Lipinski definition) is 8. The van der Waals surface area contributed by atoms with Gasteiger partial charge >= 0.3 is 11.9 Å². The summed E-state index contributed by atoms with van der Waals surface area (Å²) in [4.78, 5) is 45.2. The highest BCUT2D eigenvalue weighted by Crippen LogP contribution is 2.44. The Hall–Kier alpha value is -4.47. The minimum absolute atomic E-state index is 0.124. The number of amides is 1. The molecule has 1 fully saturated rings. The van der Waals surface area contributed by atoms with Crippen LogP contribution in [0.2, 0.25) is 5.02 Å². The zero-order valence-electron chi connectivity index (χ0n) is 23.1. The average molecular weight is 603 g/mol. The number of hydrogen-bond donors (Lipinski definition) is 1. The van der Waals surface area contributed by atoms with E-state index in [-0.39, 0.29) is 27.9 Å². The van der Waals surface area contributed by atoms with Gasteiger partial charge in [0, 0.05) is 10.6 Å². The normalized spacial score (nSPS) is 16.1. The first-order valence-corrected chi connectivity index (χ1v) is 14.4. The Labute approximate surface area is 251 Å². The Morgan fingerprint density at radius 2 is 1.79 bits per heavy atom. The van der Waals surface area contributed by atoms with Crippen LogP contribution in [0.15, 0.2) is 78.4 Å². The lowest BCUT2D eigenvalue weighted by molar-refractivity contribution is -0.132.